The third-order valence-corrected chi connectivity index (χ3v) is 7.37. The van der Waals surface area contributed by atoms with Crippen molar-refractivity contribution in [2.75, 3.05) is 12.4 Å². The number of carbonyl (C=O) groups excluding carboxylic acids is 1. The van der Waals surface area contributed by atoms with Gasteiger partial charge in [0.15, 0.2) is 6.61 Å². The van der Waals surface area contributed by atoms with Crippen LogP contribution in [-0.4, -0.2) is 36.1 Å². The Bertz CT molecular complexity index is 1300. The van der Waals surface area contributed by atoms with Crippen LogP contribution in [-0.2, 0) is 22.4 Å². The molecule has 10 heteroatoms. The fourth-order valence-electron chi connectivity index (χ4n) is 3.99. The van der Waals surface area contributed by atoms with Gasteiger partial charge >= 0.3 is 23.7 Å². The number of fused-ring (bicyclic) bond motifs is 1. The lowest BCUT2D eigenvalue weighted by Gasteiger charge is -2.32. The third kappa shape index (κ3) is 7.01. The molecule has 0 saturated heterocycles. The maximum Gasteiger partial charge on any atom is 0.376 e. The van der Waals surface area contributed by atoms with Gasteiger partial charge in [-0.2, -0.15) is 26.3 Å². The summed E-state index contributed by atoms with van der Waals surface area (Å²) in [6, 6.07) is 12.4. The lowest BCUT2D eigenvalue weighted by Crippen LogP contribution is -2.57. The van der Waals surface area contributed by atoms with E-state index in [0.29, 0.717) is 34.6 Å². The van der Waals surface area contributed by atoms with Crippen LogP contribution in [0.5, 0.6) is 0 Å². The van der Waals surface area contributed by atoms with Crippen molar-refractivity contribution in [3.05, 3.63) is 66.2 Å². The van der Waals surface area contributed by atoms with Crippen LogP contribution in [0, 0.1) is 0 Å². The maximum absolute atomic E-state index is 14.3. The average Bonchev–Trinajstić information content (AvgIpc) is 3.33. The van der Waals surface area contributed by atoms with Crippen LogP contribution in [0.2, 0.25) is 0 Å². The van der Waals surface area contributed by atoms with Gasteiger partial charge in [-0.05, 0) is 54.7 Å². The van der Waals surface area contributed by atoms with Crippen LogP contribution in [0.3, 0.4) is 0 Å². The molecule has 0 radical (unpaired) electrons. The first kappa shape index (κ1) is 30.7. The van der Waals surface area contributed by atoms with Crippen molar-refractivity contribution >= 4 is 28.7 Å². The van der Waals surface area contributed by atoms with E-state index in [-0.39, 0.29) is 4.90 Å². The smallest absolute Gasteiger partial charge is 0.376 e. The molecule has 1 aromatic heterocycles. The molecular formula is C29H30F6O3S. The number of esters is 1. The van der Waals surface area contributed by atoms with Crippen molar-refractivity contribution in [3.8, 4) is 11.3 Å². The zero-order chi connectivity index (χ0) is 28.8. The van der Waals surface area contributed by atoms with Gasteiger partial charge in [0.25, 0.3) is 0 Å². The fourth-order valence-corrected chi connectivity index (χ4v) is 4.88. The van der Waals surface area contributed by atoms with E-state index in [0.717, 1.165) is 43.2 Å². The number of carbonyl (C=O) groups is 1. The molecule has 0 atom stereocenters. The molecular weight excluding hydrogens is 542 g/mol. The second kappa shape index (κ2) is 12.5. The number of furan rings is 1. The highest BCUT2D eigenvalue weighted by molar-refractivity contribution is 7.99. The topological polar surface area (TPSA) is 39.4 Å². The van der Waals surface area contributed by atoms with E-state index in [1.165, 1.54) is 17.7 Å². The van der Waals surface area contributed by atoms with Gasteiger partial charge in [0.2, 0.25) is 0 Å². The predicted octanol–water partition coefficient (Wildman–Crippen LogP) is 9.12. The molecule has 212 valence electrons. The lowest BCUT2D eigenvalue weighted by atomic mass is 9.97. The molecule has 0 aliphatic rings. The summed E-state index contributed by atoms with van der Waals surface area (Å²) >= 11 is 0.291. The molecule has 0 amide bonds. The van der Waals surface area contributed by atoms with E-state index in [4.69, 9.17) is 4.42 Å². The fraction of sp³-hybridized carbons (Fsp3) is 0.414. The normalized spacial score (nSPS) is 12.6. The minimum absolute atomic E-state index is 0.141. The second-order valence-electron chi connectivity index (χ2n) is 9.20. The Morgan fingerprint density at radius 3 is 2.41 bits per heavy atom. The quantitative estimate of drug-likeness (QED) is 0.0635. The Morgan fingerprint density at radius 2 is 1.74 bits per heavy atom. The number of thioether (sulfide) groups is 1. The number of hydrogen-bond acceptors (Lipinski definition) is 4. The zero-order valence-corrected chi connectivity index (χ0v) is 22.5. The van der Waals surface area contributed by atoms with Gasteiger partial charge in [-0.3, -0.25) is 0 Å². The number of benzene rings is 2. The number of aryl methyl sites for hydroxylation is 2. The summed E-state index contributed by atoms with van der Waals surface area (Å²) in [5.41, 5.74) is 3.58. The monoisotopic (exact) mass is 572 g/mol. The van der Waals surface area contributed by atoms with Gasteiger partial charge < -0.3 is 9.15 Å². The van der Waals surface area contributed by atoms with Gasteiger partial charge in [-0.1, -0.05) is 51.5 Å². The summed E-state index contributed by atoms with van der Waals surface area (Å²) in [6.45, 7) is 4.92. The third-order valence-electron chi connectivity index (χ3n) is 6.28. The van der Waals surface area contributed by atoms with E-state index < -0.39 is 36.1 Å². The molecule has 0 spiro atoms. The highest BCUT2D eigenvalue weighted by atomic mass is 32.2. The molecule has 1 heterocycles. The predicted molar refractivity (Wildman–Crippen MR) is 141 cm³/mol. The summed E-state index contributed by atoms with van der Waals surface area (Å²) in [5, 5.41) is 0.677. The molecule has 0 N–H and O–H groups in total. The first-order valence-corrected chi connectivity index (χ1v) is 13.5. The van der Waals surface area contributed by atoms with Crippen molar-refractivity contribution in [2.45, 2.75) is 68.6 Å². The van der Waals surface area contributed by atoms with Gasteiger partial charge in [-0.25, -0.2) is 4.79 Å². The molecule has 0 unspecified atom stereocenters. The second-order valence-corrected chi connectivity index (χ2v) is 10.2. The Morgan fingerprint density at radius 1 is 1.00 bits per heavy atom. The van der Waals surface area contributed by atoms with Crippen molar-refractivity contribution in [3.63, 3.8) is 0 Å². The van der Waals surface area contributed by atoms with Crippen molar-refractivity contribution < 1.29 is 40.3 Å². The largest absolute Gasteiger partial charge is 0.456 e. The molecule has 3 rings (SSSR count). The van der Waals surface area contributed by atoms with Crippen LogP contribution >= 0.6 is 11.8 Å². The van der Waals surface area contributed by atoms with Crippen LogP contribution < -0.4 is 0 Å². The minimum Gasteiger partial charge on any atom is -0.456 e. The highest BCUT2D eigenvalue weighted by Crippen LogP contribution is 2.48. The molecule has 2 aromatic carbocycles. The van der Waals surface area contributed by atoms with Crippen molar-refractivity contribution in [1.82, 2.24) is 0 Å². The summed E-state index contributed by atoms with van der Waals surface area (Å²) in [5.74, 6) is -18.7. The Balaban J connectivity index is 1.76. The number of ether oxygens (including phenoxy) is 1. The average molecular weight is 573 g/mol. The van der Waals surface area contributed by atoms with Gasteiger partial charge in [0.05, 0.1) is 5.75 Å². The van der Waals surface area contributed by atoms with Crippen LogP contribution in [0.15, 0.2) is 64.4 Å². The summed E-state index contributed by atoms with van der Waals surface area (Å²) in [7, 11) is 0. The SMILES string of the molecule is C=CC(=O)OCC(F)(F)C(F)(F)C(F)(F)CSc1ccc2cc(-c3ccc(CCCCC)cc3CC)oc2c1. The van der Waals surface area contributed by atoms with E-state index >= 15 is 0 Å². The molecule has 0 bridgehead atoms. The number of alkyl halides is 6. The molecule has 0 fully saturated rings. The molecule has 39 heavy (non-hydrogen) atoms. The van der Waals surface area contributed by atoms with Gasteiger partial charge in [0.1, 0.15) is 11.3 Å². The number of rotatable bonds is 14. The molecule has 0 saturated carbocycles. The minimum atomic E-state index is -5.77. The molecule has 3 aromatic rings. The highest BCUT2D eigenvalue weighted by Gasteiger charge is 2.71. The van der Waals surface area contributed by atoms with Gasteiger partial charge in [-0.15, -0.1) is 11.8 Å². The first-order valence-electron chi connectivity index (χ1n) is 12.6. The summed E-state index contributed by atoms with van der Waals surface area (Å²) < 4.78 is 94.5. The maximum atomic E-state index is 14.3. The summed E-state index contributed by atoms with van der Waals surface area (Å²) in [4.78, 5) is 11.1. The Labute approximate surface area is 227 Å². The lowest BCUT2D eigenvalue weighted by molar-refractivity contribution is -0.309. The van der Waals surface area contributed by atoms with Crippen LogP contribution in [0.1, 0.15) is 44.2 Å². The van der Waals surface area contributed by atoms with E-state index in [1.807, 2.05) is 19.1 Å². The molecule has 3 nitrogen and oxygen atoms in total. The van der Waals surface area contributed by atoms with Gasteiger partial charge in [0, 0.05) is 21.9 Å². The van der Waals surface area contributed by atoms with Crippen LogP contribution in [0.25, 0.3) is 22.3 Å². The molecule has 0 aliphatic carbocycles. The summed E-state index contributed by atoms with van der Waals surface area (Å²) in [6.07, 6.45) is 5.62. The van der Waals surface area contributed by atoms with Crippen molar-refractivity contribution in [1.29, 1.82) is 0 Å². The van der Waals surface area contributed by atoms with E-state index in [1.54, 1.807) is 6.07 Å². The number of hydrogen-bond donors (Lipinski definition) is 0. The Hall–Kier alpha value is -2.88. The number of halogens is 6. The standard InChI is InChI=1S/C29H30F6O3S/c1-4-7-8-9-19-10-13-23(20(5-2)14-19)25-15-21-11-12-22(16-24(21)38-25)39-18-28(32,33)29(34,35)27(30,31)17-37-26(36)6-3/h6,10-16H,3-5,7-9,17-18H2,1-2H3. The van der Waals surface area contributed by atoms with E-state index in [9.17, 15) is 31.1 Å². The zero-order valence-electron chi connectivity index (χ0n) is 21.7. The van der Waals surface area contributed by atoms with Crippen LogP contribution in [0.4, 0.5) is 26.3 Å². The first-order chi connectivity index (χ1) is 18.3. The van der Waals surface area contributed by atoms with E-state index in [2.05, 4.69) is 30.4 Å². The molecule has 0 aliphatic heterocycles. The number of unbranched alkanes of at least 4 members (excludes halogenated alkanes) is 2. The Kier molecular flexibility index (Phi) is 9.85. The van der Waals surface area contributed by atoms with Crippen molar-refractivity contribution in [2.24, 2.45) is 0 Å².